The summed E-state index contributed by atoms with van der Waals surface area (Å²) < 4.78 is 6.84. The summed E-state index contributed by atoms with van der Waals surface area (Å²) >= 11 is 3.41. The molecule has 0 radical (unpaired) electrons. The van der Waals surface area contributed by atoms with Crippen LogP contribution in [-0.2, 0) is 0 Å². The topological polar surface area (TPSA) is 21.3 Å². The van der Waals surface area contributed by atoms with Crippen molar-refractivity contribution in [2.75, 3.05) is 20.2 Å². The number of rotatable bonds is 7. The van der Waals surface area contributed by atoms with Gasteiger partial charge in [0.1, 0.15) is 5.75 Å². The van der Waals surface area contributed by atoms with E-state index in [1.54, 1.807) is 0 Å². The molecular weight excluding hydrogens is 278 g/mol. The van der Waals surface area contributed by atoms with Crippen LogP contribution in [0, 0.1) is 5.41 Å². The van der Waals surface area contributed by atoms with Gasteiger partial charge in [-0.2, -0.15) is 0 Å². The molecule has 1 aromatic rings. The molecule has 0 amide bonds. The molecule has 0 spiro atoms. The first kappa shape index (κ1) is 14.5. The van der Waals surface area contributed by atoms with Crippen molar-refractivity contribution in [3.63, 3.8) is 0 Å². The van der Waals surface area contributed by atoms with Crippen LogP contribution in [0.2, 0.25) is 0 Å². The molecule has 96 valence electrons. The highest BCUT2D eigenvalue weighted by atomic mass is 79.9. The second-order valence-electron chi connectivity index (χ2n) is 4.75. The fourth-order valence-electron chi connectivity index (χ4n) is 1.76. The molecule has 0 bridgehead atoms. The maximum Gasteiger partial charge on any atom is 0.119 e. The summed E-state index contributed by atoms with van der Waals surface area (Å²) in [6.07, 6.45) is 2.23. The number of benzene rings is 1. The predicted molar refractivity (Wildman–Crippen MR) is 76.6 cm³/mol. The van der Waals surface area contributed by atoms with Crippen LogP contribution in [0.1, 0.15) is 26.7 Å². The molecular formula is C14H22BrNO. The Morgan fingerprint density at radius 1 is 1.29 bits per heavy atom. The van der Waals surface area contributed by atoms with E-state index in [1.165, 1.54) is 0 Å². The van der Waals surface area contributed by atoms with Crippen LogP contribution in [0.5, 0.6) is 5.75 Å². The summed E-state index contributed by atoms with van der Waals surface area (Å²) in [6.45, 7) is 6.34. The lowest BCUT2D eigenvalue weighted by molar-refractivity contribution is 0.203. The molecule has 0 aromatic heterocycles. The van der Waals surface area contributed by atoms with E-state index in [4.69, 9.17) is 4.74 Å². The van der Waals surface area contributed by atoms with Gasteiger partial charge >= 0.3 is 0 Å². The van der Waals surface area contributed by atoms with Gasteiger partial charge in [-0.3, -0.25) is 0 Å². The Hall–Kier alpha value is -0.540. The monoisotopic (exact) mass is 299 g/mol. The highest BCUT2D eigenvalue weighted by Crippen LogP contribution is 2.25. The van der Waals surface area contributed by atoms with E-state index in [0.717, 1.165) is 36.2 Å². The summed E-state index contributed by atoms with van der Waals surface area (Å²) in [5.74, 6) is 0.941. The lowest BCUT2D eigenvalue weighted by Crippen LogP contribution is -2.30. The van der Waals surface area contributed by atoms with Crippen LogP contribution in [0.3, 0.4) is 0 Å². The SMILES string of the molecule is CCC(C)(CCOc1ccc(Br)cc1)CNC. The molecule has 0 heterocycles. The van der Waals surface area contributed by atoms with Gasteiger partial charge in [0.05, 0.1) is 6.61 Å². The summed E-state index contributed by atoms with van der Waals surface area (Å²) in [5, 5.41) is 3.25. The van der Waals surface area contributed by atoms with Gasteiger partial charge in [0.15, 0.2) is 0 Å². The molecule has 1 atom stereocenters. The first-order valence-electron chi connectivity index (χ1n) is 6.12. The second-order valence-corrected chi connectivity index (χ2v) is 5.66. The highest BCUT2D eigenvalue weighted by Gasteiger charge is 2.20. The van der Waals surface area contributed by atoms with Gasteiger partial charge in [-0.15, -0.1) is 0 Å². The van der Waals surface area contributed by atoms with E-state index in [2.05, 4.69) is 35.1 Å². The number of hydrogen-bond donors (Lipinski definition) is 1. The van der Waals surface area contributed by atoms with Gasteiger partial charge in [0, 0.05) is 11.0 Å². The quantitative estimate of drug-likeness (QED) is 0.826. The summed E-state index contributed by atoms with van der Waals surface area (Å²) in [7, 11) is 2.00. The first-order valence-corrected chi connectivity index (χ1v) is 6.92. The van der Waals surface area contributed by atoms with Crippen molar-refractivity contribution in [3.05, 3.63) is 28.7 Å². The molecule has 1 unspecified atom stereocenters. The maximum atomic E-state index is 5.76. The van der Waals surface area contributed by atoms with Crippen molar-refractivity contribution < 1.29 is 4.74 Å². The van der Waals surface area contributed by atoms with Gasteiger partial charge < -0.3 is 10.1 Å². The number of halogens is 1. The predicted octanol–water partition coefficient (Wildman–Crippen LogP) is 3.85. The minimum absolute atomic E-state index is 0.324. The Kier molecular flexibility index (Phi) is 6.00. The Morgan fingerprint density at radius 2 is 1.94 bits per heavy atom. The molecule has 1 N–H and O–H groups in total. The third-order valence-corrected chi connectivity index (χ3v) is 3.77. The maximum absolute atomic E-state index is 5.76. The second kappa shape index (κ2) is 7.02. The van der Waals surface area contributed by atoms with Crippen molar-refractivity contribution in [3.8, 4) is 5.75 Å². The standard InChI is InChI=1S/C14H22BrNO/c1-4-14(2,11-16-3)9-10-17-13-7-5-12(15)6-8-13/h5-8,16H,4,9-11H2,1-3H3. The van der Waals surface area contributed by atoms with E-state index in [-0.39, 0.29) is 0 Å². The molecule has 0 saturated carbocycles. The summed E-state index contributed by atoms with van der Waals surface area (Å²) in [5.41, 5.74) is 0.324. The molecule has 1 rings (SSSR count). The third kappa shape index (κ3) is 5.09. The minimum atomic E-state index is 0.324. The van der Waals surface area contributed by atoms with Crippen LogP contribution < -0.4 is 10.1 Å². The third-order valence-electron chi connectivity index (χ3n) is 3.25. The molecule has 1 aromatic carbocycles. The largest absolute Gasteiger partial charge is 0.494 e. The van der Waals surface area contributed by atoms with Gasteiger partial charge in [-0.05, 0) is 49.6 Å². The normalized spacial score (nSPS) is 14.4. The van der Waals surface area contributed by atoms with Crippen LogP contribution >= 0.6 is 15.9 Å². The zero-order chi connectivity index (χ0) is 12.7. The molecule has 0 aliphatic carbocycles. The Balaban J connectivity index is 2.38. The molecule has 2 nitrogen and oxygen atoms in total. The average Bonchev–Trinajstić information content (AvgIpc) is 2.32. The minimum Gasteiger partial charge on any atom is -0.494 e. The van der Waals surface area contributed by atoms with Gasteiger partial charge in [0.25, 0.3) is 0 Å². The zero-order valence-corrected chi connectivity index (χ0v) is 12.5. The average molecular weight is 300 g/mol. The lowest BCUT2D eigenvalue weighted by Gasteiger charge is -2.27. The first-order chi connectivity index (χ1) is 8.09. The smallest absolute Gasteiger partial charge is 0.119 e. The molecule has 17 heavy (non-hydrogen) atoms. The Bertz CT molecular complexity index is 325. The lowest BCUT2D eigenvalue weighted by atomic mass is 9.84. The van der Waals surface area contributed by atoms with E-state index >= 15 is 0 Å². The van der Waals surface area contributed by atoms with E-state index in [1.807, 2.05) is 31.3 Å². The fourth-order valence-corrected chi connectivity index (χ4v) is 2.03. The number of hydrogen-bond acceptors (Lipinski definition) is 2. The van der Waals surface area contributed by atoms with Crippen molar-refractivity contribution in [2.45, 2.75) is 26.7 Å². The molecule has 0 saturated heterocycles. The number of nitrogens with one attached hydrogen (secondary N) is 1. The molecule has 0 aliphatic heterocycles. The van der Waals surface area contributed by atoms with E-state index in [9.17, 15) is 0 Å². The van der Waals surface area contributed by atoms with Gasteiger partial charge in [-0.25, -0.2) is 0 Å². The molecule has 3 heteroatoms. The summed E-state index contributed by atoms with van der Waals surface area (Å²) in [4.78, 5) is 0. The fraction of sp³-hybridized carbons (Fsp3) is 0.571. The van der Waals surface area contributed by atoms with Crippen molar-refractivity contribution in [1.82, 2.24) is 5.32 Å². The van der Waals surface area contributed by atoms with Crippen LogP contribution in [0.4, 0.5) is 0 Å². The molecule has 0 aliphatic rings. The highest BCUT2D eigenvalue weighted by molar-refractivity contribution is 9.10. The van der Waals surface area contributed by atoms with Gasteiger partial charge in [-0.1, -0.05) is 29.8 Å². The van der Waals surface area contributed by atoms with Crippen molar-refractivity contribution >= 4 is 15.9 Å². The molecule has 0 fully saturated rings. The van der Waals surface area contributed by atoms with Crippen LogP contribution in [0.25, 0.3) is 0 Å². The summed E-state index contributed by atoms with van der Waals surface area (Å²) in [6, 6.07) is 7.99. The van der Waals surface area contributed by atoms with Crippen LogP contribution in [-0.4, -0.2) is 20.2 Å². The number of ether oxygens (including phenoxy) is 1. The van der Waals surface area contributed by atoms with Crippen molar-refractivity contribution in [1.29, 1.82) is 0 Å². The van der Waals surface area contributed by atoms with E-state index in [0.29, 0.717) is 5.41 Å². The Labute approximate surface area is 113 Å². The zero-order valence-electron chi connectivity index (χ0n) is 10.9. The van der Waals surface area contributed by atoms with Crippen molar-refractivity contribution in [2.24, 2.45) is 5.41 Å². The van der Waals surface area contributed by atoms with Gasteiger partial charge in [0.2, 0.25) is 0 Å². The van der Waals surface area contributed by atoms with E-state index < -0.39 is 0 Å². The Morgan fingerprint density at radius 3 is 2.47 bits per heavy atom. The van der Waals surface area contributed by atoms with Crippen LogP contribution in [0.15, 0.2) is 28.7 Å².